The molecule has 0 spiro atoms. The van der Waals surface area contributed by atoms with Crippen LogP contribution in [-0.2, 0) is 19.2 Å². The summed E-state index contributed by atoms with van der Waals surface area (Å²) in [6.45, 7) is 5.94. The van der Waals surface area contributed by atoms with Crippen LogP contribution in [0.1, 0.15) is 48.8 Å². The Bertz CT molecular complexity index is 1250. The van der Waals surface area contributed by atoms with Gasteiger partial charge in [-0.25, -0.2) is 0 Å². The lowest BCUT2D eigenvalue weighted by atomic mass is 9.59. The molecule has 4 aliphatic rings. The van der Waals surface area contributed by atoms with Gasteiger partial charge in [-0.15, -0.1) is 0 Å². The molecule has 3 aliphatic carbocycles. The first kappa shape index (κ1) is 23.0. The fourth-order valence-corrected chi connectivity index (χ4v) is 6.70. The van der Waals surface area contributed by atoms with E-state index < -0.39 is 17.8 Å². The third-order valence-corrected chi connectivity index (χ3v) is 8.31. The summed E-state index contributed by atoms with van der Waals surface area (Å²) < 4.78 is 0.217. The lowest BCUT2D eigenvalue weighted by molar-refractivity contribution is -0.140. The fraction of sp³-hybridized carbons (Fsp3) is 0.407. The number of amides is 2. The molecule has 1 saturated heterocycles. The highest BCUT2D eigenvalue weighted by atomic mass is 79.9. The highest BCUT2D eigenvalue weighted by molar-refractivity contribution is 9.12. The molecule has 1 heterocycles. The Hall–Kier alpha value is -2.80. The van der Waals surface area contributed by atoms with Crippen molar-refractivity contribution in [1.29, 1.82) is 0 Å². The SMILES string of the molecule is CCCN1C(=O)[C@H]2[C@H](CC=C3[C@H](c4cc(C)c(O)c(C)c4)C4=C(C[C@H]32)C(=O)C(Br)=CC4=O)C1=O. The summed E-state index contributed by atoms with van der Waals surface area (Å²) in [6, 6.07) is 3.70. The number of rotatable bonds is 3. The van der Waals surface area contributed by atoms with Crippen molar-refractivity contribution in [3.8, 4) is 5.75 Å². The van der Waals surface area contributed by atoms with Crippen LogP contribution in [-0.4, -0.2) is 39.9 Å². The number of carbonyl (C=O) groups is 4. The van der Waals surface area contributed by atoms with E-state index >= 15 is 0 Å². The maximum atomic E-state index is 13.4. The summed E-state index contributed by atoms with van der Waals surface area (Å²) in [5.41, 5.74) is 3.97. The number of aromatic hydroxyl groups is 1. The molecule has 1 aromatic rings. The minimum Gasteiger partial charge on any atom is -0.507 e. The Morgan fingerprint density at radius 2 is 1.74 bits per heavy atom. The van der Waals surface area contributed by atoms with Crippen molar-refractivity contribution >= 4 is 39.3 Å². The molecule has 1 N–H and O–H groups in total. The van der Waals surface area contributed by atoms with Gasteiger partial charge >= 0.3 is 0 Å². The molecule has 34 heavy (non-hydrogen) atoms. The van der Waals surface area contributed by atoms with Gasteiger partial charge in [-0.1, -0.05) is 30.7 Å². The number of benzene rings is 1. The van der Waals surface area contributed by atoms with Gasteiger partial charge in [0.2, 0.25) is 11.8 Å². The standard InChI is InChI=1S/C27H26BrNO5/c1-4-7-29-26(33)16-6-5-15-17(22(16)27(29)34)10-18-23(20(30)11-19(28)25(18)32)21(15)14-8-12(2)24(31)13(3)9-14/h5,8-9,11,16-17,21-22,31H,4,6-7,10H2,1-3H3/t16-,17+,21-,22-/m0/s1. The molecule has 1 aromatic carbocycles. The molecular formula is C27H26BrNO5. The van der Waals surface area contributed by atoms with Crippen molar-refractivity contribution in [1.82, 2.24) is 4.90 Å². The summed E-state index contributed by atoms with van der Waals surface area (Å²) in [5.74, 6) is -2.34. The number of nitrogens with zero attached hydrogens (tertiary/aromatic N) is 1. The maximum Gasteiger partial charge on any atom is 0.233 e. The van der Waals surface area contributed by atoms with Gasteiger partial charge in [0.25, 0.3) is 0 Å². The Balaban J connectivity index is 1.70. The second-order valence-corrected chi connectivity index (χ2v) is 10.6. The lowest BCUT2D eigenvalue weighted by Crippen LogP contribution is -2.39. The molecule has 176 valence electrons. The molecule has 6 nitrogen and oxygen atoms in total. The van der Waals surface area contributed by atoms with Crippen LogP contribution in [0.25, 0.3) is 0 Å². The number of hydrogen-bond acceptors (Lipinski definition) is 5. The van der Waals surface area contributed by atoms with Gasteiger partial charge in [0.15, 0.2) is 11.6 Å². The molecule has 2 amide bonds. The van der Waals surface area contributed by atoms with Crippen LogP contribution in [0.5, 0.6) is 5.75 Å². The van der Waals surface area contributed by atoms with Crippen molar-refractivity contribution in [2.24, 2.45) is 17.8 Å². The third-order valence-electron chi connectivity index (χ3n) is 7.72. The second kappa shape index (κ2) is 8.15. The van der Waals surface area contributed by atoms with Crippen LogP contribution < -0.4 is 0 Å². The molecule has 4 atom stereocenters. The Morgan fingerprint density at radius 1 is 1.06 bits per heavy atom. The van der Waals surface area contributed by atoms with E-state index in [0.717, 1.165) is 11.1 Å². The van der Waals surface area contributed by atoms with E-state index in [1.165, 1.54) is 11.0 Å². The van der Waals surface area contributed by atoms with Gasteiger partial charge in [-0.2, -0.15) is 0 Å². The number of phenols is 1. The van der Waals surface area contributed by atoms with E-state index in [0.29, 0.717) is 41.7 Å². The minimum absolute atomic E-state index is 0.132. The van der Waals surface area contributed by atoms with Crippen LogP contribution in [0.2, 0.25) is 0 Å². The number of likely N-dealkylation sites (tertiary alicyclic amines) is 1. The van der Waals surface area contributed by atoms with Gasteiger partial charge in [0.05, 0.1) is 16.3 Å². The van der Waals surface area contributed by atoms with Gasteiger partial charge < -0.3 is 5.11 Å². The minimum atomic E-state index is -0.525. The molecule has 7 heteroatoms. The summed E-state index contributed by atoms with van der Waals surface area (Å²) in [5, 5.41) is 10.3. The number of carbonyl (C=O) groups excluding carboxylic acids is 4. The van der Waals surface area contributed by atoms with Gasteiger partial charge in [0, 0.05) is 29.7 Å². The van der Waals surface area contributed by atoms with Crippen LogP contribution >= 0.6 is 15.9 Å². The van der Waals surface area contributed by atoms with E-state index in [-0.39, 0.29) is 46.0 Å². The van der Waals surface area contributed by atoms with Crippen LogP contribution in [0, 0.1) is 31.6 Å². The number of aryl methyl sites for hydroxylation is 2. The quantitative estimate of drug-likeness (QED) is 0.364. The Morgan fingerprint density at radius 3 is 2.38 bits per heavy atom. The van der Waals surface area contributed by atoms with E-state index in [1.807, 2.05) is 25.1 Å². The van der Waals surface area contributed by atoms with Gasteiger partial charge in [0.1, 0.15) is 5.75 Å². The molecule has 0 saturated carbocycles. The number of ketones is 2. The largest absolute Gasteiger partial charge is 0.507 e. The van der Waals surface area contributed by atoms with E-state index in [4.69, 9.17) is 0 Å². The summed E-state index contributed by atoms with van der Waals surface area (Å²) >= 11 is 3.24. The zero-order valence-corrected chi connectivity index (χ0v) is 20.9. The number of allylic oxidation sites excluding steroid dienone is 6. The maximum absolute atomic E-state index is 13.4. The zero-order chi connectivity index (χ0) is 24.5. The smallest absolute Gasteiger partial charge is 0.233 e. The van der Waals surface area contributed by atoms with Crippen LogP contribution in [0.15, 0.2) is 45.5 Å². The highest BCUT2D eigenvalue weighted by Crippen LogP contribution is 2.55. The Kier molecular flexibility index (Phi) is 5.51. The number of Topliss-reactive ketones (excluding diaryl/α,β-unsaturated/α-hetero) is 1. The predicted molar refractivity (Wildman–Crippen MR) is 129 cm³/mol. The second-order valence-electron chi connectivity index (χ2n) is 9.73. The normalized spacial score (nSPS) is 28.5. The van der Waals surface area contributed by atoms with Crippen LogP contribution in [0.3, 0.4) is 0 Å². The number of hydrogen-bond donors (Lipinski definition) is 1. The lowest BCUT2D eigenvalue weighted by Gasteiger charge is -2.42. The van der Waals surface area contributed by atoms with E-state index in [9.17, 15) is 24.3 Å². The van der Waals surface area contributed by atoms with Crippen molar-refractivity contribution in [2.75, 3.05) is 6.54 Å². The number of imide groups is 1. The van der Waals surface area contributed by atoms with Crippen molar-refractivity contribution in [2.45, 2.75) is 46.0 Å². The third kappa shape index (κ3) is 3.20. The Labute approximate surface area is 206 Å². The first-order valence-electron chi connectivity index (χ1n) is 11.7. The van der Waals surface area contributed by atoms with Gasteiger partial charge in [-0.3, -0.25) is 24.1 Å². The molecule has 1 aliphatic heterocycles. The monoisotopic (exact) mass is 523 g/mol. The van der Waals surface area contributed by atoms with E-state index in [1.54, 1.807) is 13.8 Å². The predicted octanol–water partition coefficient (Wildman–Crippen LogP) is 4.18. The summed E-state index contributed by atoms with van der Waals surface area (Å²) in [6.07, 6.45) is 4.74. The average molecular weight is 524 g/mol. The van der Waals surface area contributed by atoms with E-state index in [2.05, 4.69) is 15.9 Å². The van der Waals surface area contributed by atoms with Crippen molar-refractivity contribution in [3.05, 3.63) is 62.2 Å². The molecular weight excluding hydrogens is 498 g/mol. The fourth-order valence-electron chi connectivity index (χ4n) is 6.25. The molecule has 0 radical (unpaired) electrons. The first-order valence-corrected chi connectivity index (χ1v) is 12.5. The summed E-state index contributed by atoms with van der Waals surface area (Å²) in [7, 11) is 0. The van der Waals surface area contributed by atoms with Crippen molar-refractivity contribution < 1.29 is 24.3 Å². The van der Waals surface area contributed by atoms with Crippen LogP contribution in [0.4, 0.5) is 0 Å². The average Bonchev–Trinajstić information content (AvgIpc) is 3.04. The zero-order valence-electron chi connectivity index (χ0n) is 19.4. The summed E-state index contributed by atoms with van der Waals surface area (Å²) in [4.78, 5) is 54.3. The molecule has 1 fully saturated rings. The molecule has 0 bridgehead atoms. The van der Waals surface area contributed by atoms with Crippen molar-refractivity contribution in [3.63, 3.8) is 0 Å². The van der Waals surface area contributed by atoms with Gasteiger partial charge in [-0.05, 0) is 71.6 Å². The number of fused-ring (bicyclic) bond motifs is 3. The topological polar surface area (TPSA) is 91.8 Å². The molecule has 0 aromatic heterocycles. The molecule has 0 unspecified atom stereocenters. The number of halogens is 1. The molecule has 5 rings (SSSR count). The number of phenolic OH excluding ortho intramolecular Hbond substituents is 1. The highest BCUT2D eigenvalue weighted by Gasteiger charge is 2.56. The first-order chi connectivity index (χ1) is 16.1.